The lowest BCUT2D eigenvalue weighted by Gasteiger charge is -2.07. The van der Waals surface area contributed by atoms with Crippen LogP contribution in [-0.2, 0) is 10.0 Å². The molecule has 0 spiro atoms. The summed E-state index contributed by atoms with van der Waals surface area (Å²) in [5.74, 6) is 0. The molecule has 0 bridgehead atoms. The molecular weight excluding hydrogens is 408 g/mol. The van der Waals surface area contributed by atoms with Crippen molar-refractivity contribution in [2.45, 2.75) is 4.90 Å². The number of nitrogens with two attached hydrogens (primary N) is 1. The van der Waals surface area contributed by atoms with E-state index in [2.05, 4.69) is 26.5 Å². The summed E-state index contributed by atoms with van der Waals surface area (Å²) in [4.78, 5) is 10.9. The van der Waals surface area contributed by atoms with Gasteiger partial charge < -0.3 is 5.73 Å². The quantitative estimate of drug-likeness (QED) is 0.500. The number of hydrogen-bond donors (Lipinski definition) is 2. The van der Waals surface area contributed by atoms with Crippen molar-refractivity contribution in [3.05, 3.63) is 64.8 Å². The molecular formula is C16H13BrN4O3S. The van der Waals surface area contributed by atoms with E-state index in [1.54, 1.807) is 36.4 Å². The van der Waals surface area contributed by atoms with Crippen molar-refractivity contribution < 1.29 is 13.2 Å². The van der Waals surface area contributed by atoms with Crippen LogP contribution in [0.2, 0.25) is 0 Å². The van der Waals surface area contributed by atoms with E-state index in [4.69, 9.17) is 5.73 Å². The number of aromatic nitrogens is 1. The number of carbonyl (C=O) groups is 1. The summed E-state index contributed by atoms with van der Waals surface area (Å²) in [6.07, 6.45) is 2.79. The first kappa shape index (κ1) is 17.2. The summed E-state index contributed by atoms with van der Waals surface area (Å²) < 4.78 is 27.9. The van der Waals surface area contributed by atoms with E-state index in [1.165, 1.54) is 28.5 Å². The molecule has 0 unspecified atom stereocenters. The van der Waals surface area contributed by atoms with Crippen LogP contribution < -0.4 is 11.2 Å². The monoisotopic (exact) mass is 420 g/mol. The van der Waals surface area contributed by atoms with Crippen molar-refractivity contribution in [1.82, 2.24) is 9.40 Å². The van der Waals surface area contributed by atoms with Gasteiger partial charge in [-0.15, -0.1) is 0 Å². The molecule has 0 fully saturated rings. The number of primary amides is 1. The third-order valence-corrected chi connectivity index (χ3v) is 5.62. The summed E-state index contributed by atoms with van der Waals surface area (Å²) in [6.45, 7) is 0. The van der Waals surface area contributed by atoms with Gasteiger partial charge in [0.2, 0.25) is 0 Å². The maximum atomic E-state index is 12.9. The molecule has 1 heterocycles. The second-order valence-corrected chi connectivity index (χ2v) is 7.82. The van der Waals surface area contributed by atoms with Crippen LogP contribution in [0.1, 0.15) is 5.56 Å². The van der Waals surface area contributed by atoms with Crippen LogP contribution in [0.25, 0.3) is 10.9 Å². The number of amides is 2. The lowest BCUT2D eigenvalue weighted by molar-refractivity contribution is 0.249. The average Bonchev–Trinajstić information content (AvgIpc) is 2.94. The third-order valence-electron chi connectivity index (χ3n) is 3.44. The number of halogens is 1. The van der Waals surface area contributed by atoms with E-state index >= 15 is 0 Å². The molecule has 25 heavy (non-hydrogen) atoms. The predicted molar refractivity (Wildman–Crippen MR) is 99.0 cm³/mol. The van der Waals surface area contributed by atoms with Gasteiger partial charge in [-0.3, -0.25) is 0 Å². The molecule has 0 aliphatic carbocycles. The molecule has 0 saturated heterocycles. The van der Waals surface area contributed by atoms with Crippen LogP contribution in [0.15, 0.2) is 69.2 Å². The molecule has 128 valence electrons. The molecule has 1 aromatic heterocycles. The van der Waals surface area contributed by atoms with Gasteiger partial charge in [0.25, 0.3) is 10.0 Å². The molecule has 0 aliphatic heterocycles. The molecule has 0 aliphatic rings. The van der Waals surface area contributed by atoms with Crippen LogP contribution in [0.4, 0.5) is 4.79 Å². The number of hydrazone groups is 1. The number of hydrogen-bond acceptors (Lipinski definition) is 4. The first-order chi connectivity index (χ1) is 11.9. The Morgan fingerprint density at radius 2 is 1.92 bits per heavy atom. The van der Waals surface area contributed by atoms with E-state index in [1.807, 2.05) is 0 Å². The summed E-state index contributed by atoms with van der Waals surface area (Å²) in [6, 6.07) is 12.5. The molecule has 0 saturated carbocycles. The number of carbonyl (C=O) groups excluding carboxylic acids is 1. The number of nitrogens with one attached hydrogen (secondary N) is 1. The van der Waals surface area contributed by atoms with E-state index in [0.717, 1.165) is 4.47 Å². The van der Waals surface area contributed by atoms with Gasteiger partial charge >= 0.3 is 6.03 Å². The average molecular weight is 421 g/mol. The van der Waals surface area contributed by atoms with Gasteiger partial charge in [0.05, 0.1) is 16.6 Å². The molecule has 3 N–H and O–H groups in total. The zero-order valence-corrected chi connectivity index (χ0v) is 15.2. The fraction of sp³-hybridized carbons (Fsp3) is 0. The maximum absolute atomic E-state index is 12.9. The minimum atomic E-state index is -3.77. The highest BCUT2D eigenvalue weighted by atomic mass is 79.9. The largest absolute Gasteiger partial charge is 0.350 e. The molecule has 2 aromatic carbocycles. The standard InChI is InChI=1S/C16H13BrN4O3S/c17-12-6-7-15-14(8-12)11(9-19-20-16(18)22)10-21(15)25(23,24)13-4-2-1-3-5-13/h1-10H,(H3,18,20,22)/b19-9-. The Labute approximate surface area is 152 Å². The first-order valence-electron chi connectivity index (χ1n) is 7.09. The predicted octanol–water partition coefficient (Wildman–Crippen LogP) is 2.64. The lowest BCUT2D eigenvalue weighted by Crippen LogP contribution is -2.24. The van der Waals surface area contributed by atoms with E-state index < -0.39 is 16.1 Å². The highest BCUT2D eigenvalue weighted by Crippen LogP contribution is 2.27. The number of fused-ring (bicyclic) bond motifs is 1. The van der Waals surface area contributed by atoms with Crippen LogP contribution in [0.5, 0.6) is 0 Å². The normalized spacial score (nSPS) is 11.9. The Balaban J connectivity index is 2.20. The lowest BCUT2D eigenvalue weighted by atomic mass is 10.2. The number of nitrogens with zero attached hydrogens (tertiary/aromatic N) is 2. The van der Waals surface area contributed by atoms with E-state index in [0.29, 0.717) is 16.5 Å². The summed E-state index contributed by atoms with van der Waals surface area (Å²) in [7, 11) is -3.77. The smallest absolute Gasteiger partial charge is 0.332 e. The van der Waals surface area contributed by atoms with Gasteiger partial charge in [-0.25, -0.2) is 22.6 Å². The summed E-state index contributed by atoms with van der Waals surface area (Å²) in [5, 5.41) is 4.37. The molecule has 2 amide bonds. The van der Waals surface area contributed by atoms with Crippen LogP contribution in [-0.4, -0.2) is 24.6 Å². The molecule has 0 radical (unpaired) electrons. The van der Waals surface area contributed by atoms with Crippen LogP contribution in [0.3, 0.4) is 0 Å². The minimum absolute atomic E-state index is 0.175. The van der Waals surface area contributed by atoms with Crippen molar-refractivity contribution >= 4 is 49.1 Å². The van der Waals surface area contributed by atoms with Crippen molar-refractivity contribution in [2.75, 3.05) is 0 Å². The van der Waals surface area contributed by atoms with Gasteiger partial charge in [-0.05, 0) is 30.3 Å². The molecule has 9 heteroatoms. The highest BCUT2D eigenvalue weighted by Gasteiger charge is 2.20. The summed E-state index contributed by atoms with van der Waals surface area (Å²) in [5.41, 5.74) is 8.07. The Morgan fingerprint density at radius 3 is 2.60 bits per heavy atom. The topological polar surface area (TPSA) is 107 Å². The van der Waals surface area contributed by atoms with Gasteiger partial charge in [0.15, 0.2) is 0 Å². The number of urea groups is 1. The third kappa shape index (κ3) is 3.42. The van der Waals surface area contributed by atoms with E-state index in [9.17, 15) is 13.2 Å². The van der Waals surface area contributed by atoms with Gasteiger partial charge in [-0.2, -0.15) is 5.10 Å². The fourth-order valence-corrected chi connectivity index (χ4v) is 4.13. The van der Waals surface area contributed by atoms with Crippen molar-refractivity contribution in [3.63, 3.8) is 0 Å². The van der Waals surface area contributed by atoms with Crippen LogP contribution >= 0.6 is 15.9 Å². The Kier molecular flexibility index (Phi) is 4.60. The Bertz CT molecular complexity index is 1080. The van der Waals surface area contributed by atoms with Gasteiger partial charge in [0, 0.05) is 21.6 Å². The Morgan fingerprint density at radius 1 is 1.20 bits per heavy atom. The minimum Gasteiger partial charge on any atom is -0.350 e. The van der Waals surface area contributed by atoms with Crippen molar-refractivity contribution in [3.8, 4) is 0 Å². The molecule has 3 aromatic rings. The van der Waals surface area contributed by atoms with Gasteiger partial charge in [-0.1, -0.05) is 34.1 Å². The number of benzene rings is 2. The summed E-state index contributed by atoms with van der Waals surface area (Å²) >= 11 is 3.37. The zero-order valence-electron chi connectivity index (χ0n) is 12.8. The first-order valence-corrected chi connectivity index (χ1v) is 9.32. The SMILES string of the molecule is NC(=O)N/N=C\c1cn(S(=O)(=O)c2ccccc2)c2ccc(Br)cc12. The van der Waals surface area contributed by atoms with Crippen LogP contribution in [0, 0.1) is 0 Å². The molecule has 3 rings (SSSR count). The Hall–Kier alpha value is -2.65. The highest BCUT2D eigenvalue weighted by molar-refractivity contribution is 9.10. The van der Waals surface area contributed by atoms with Gasteiger partial charge in [0.1, 0.15) is 0 Å². The second-order valence-electron chi connectivity index (χ2n) is 5.09. The molecule has 0 atom stereocenters. The number of rotatable bonds is 4. The molecule has 7 nitrogen and oxygen atoms in total. The van der Waals surface area contributed by atoms with Crippen molar-refractivity contribution in [1.29, 1.82) is 0 Å². The fourth-order valence-electron chi connectivity index (χ4n) is 2.37. The zero-order chi connectivity index (χ0) is 18.0. The van der Waals surface area contributed by atoms with Crippen molar-refractivity contribution in [2.24, 2.45) is 10.8 Å². The maximum Gasteiger partial charge on any atom is 0.332 e. The second kappa shape index (κ2) is 6.69. The van der Waals surface area contributed by atoms with E-state index in [-0.39, 0.29) is 4.90 Å².